The Balaban J connectivity index is 2.36. The molecule has 0 aliphatic carbocycles. The van der Waals surface area contributed by atoms with Crippen LogP contribution in [-0.2, 0) is 12.8 Å². The van der Waals surface area contributed by atoms with E-state index in [0.717, 1.165) is 5.69 Å². The van der Waals surface area contributed by atoms with Gasteiger partial charge in [-0.05, 0) is 24.1 Å². The molecule has 0 saturated heterocycles. The SMILES string of the molecule is CCc1[nH]nc(O)c1Cc1cc(F)c(OC)c(F)c1. The standard InChI is InChI=1S/C13H14F2N2O2/c1-3-11-8(13(18)17-16-11)4-7-5-9(14)12(19-2)10(15)6-7/h5-6H,3-4H2,1-2H3,(H2,16,17,18). The van der Waals surface area contributed by atoms with E-state index in [9.17, 15) is 13.9 Å². The first-order chi connectivity index (χ1) is 9.06. The molecule has 0 spiro atoms. The molecular formula is C13H14F2N2O2. The molecule has 0 radical (unpaired) electrons. The van der Waals surface area contributed by atoms with Crippen molar-refractivity contribution in [2.24, 2.45) is 0 Å². The molecule has 0 aliphatic heterocycles. The van der Waals surface area contributed by atoms with E-state index in [1.807, 2.05) is 6.92 Å². The van der Waals surface area contributed by atoms with Crippen molar-refractivity contribution in [3.8, 4) is 11.6 Å². The lowest BCUT2D eigenvalue weighted by atomic mass is 10.0. The predicted octanol–water partition coefficient (Wildman–Crippen LogP) is 2.56. The van der Waals surface area contributed by atoms with Gasteiger partial charge in [0.2, 0.25) is 5.88 Å². The number of ether oxygens (including phenoxy) is 1. The number of aromatic amines is 1. The number of methoxy groups -OCH3 is 1. The van der Waals surface area contributed by atoms with Gasteiger partial charge in [0.1, 0.15) is 0 Å². The fourth-order valence-corrected chi connectivity index (χ4v) is 1.98. The molecule has 19 heavy (non-hydrogen) atoms. The Morgan fingerprint density at radius 3 is 2.47 bits per heavy atom. The van der Waals surface area contributed by atoms with Crippen LogP contribution >= 0.6 is 0 Å². The number of hydrogen-bond acceptors (Lipinski definition) is 3. The third-order valence-corrected chi connectivity index (χ3v) is 2.93. The maximum Gasteiger partial charge on any atom is 0.233 e. The van der Waals surface area contributed by atoms with E-state index < -0.39 is 17.4 Å². The summed E-state index contributed by atoms with van der Waals surface area (Å²) in [5.41, 5.74) is 1.70. The van der Waals surface area contributed by atoms with Gasteiger partial charge in [-0.15, -0.1) is 5.10 Å². The van der Waals surface area contributed by atoms with Crippen molar-refractivity contribution in [1.29, 1.82) is 0 Å². The predicted molar refractivity (Wildman–Crippen MR) is 65.3 cm³/mol. The van der Waals surface area contributed by atoms with E-state index in [1.165, 1.54) is 19.2 Å². The number of halogens is 2. The minimum atomic E-state index is -0.765. The Morgan fingerprint density at radius 1 is 1.32 bits per heavy atom. The van der Waals surface area contributed by atoms with Crippen molar-refractivity contribution < 1.29 is 18.6 Å². The zero-order valence-corrected chi connectivity index (χ0v) is 10.6. The summed E-state index contributed by atoms with van der Waals surface area (Å²) in [6.45, 7) is 1.89. The molecule has 2 aromatic rings. The van der Waals surface area contributed by atoms with Crippen molar-refractivity contribution in [3.63, 3.8) is 0 Å². The molecular weight excluding hydrogens is 254 g/mol. The second-order valence-electron chi connectivity index (χ2n) is 4.13. The zero-order valence-electron chi connectivity index (χ0n) is 10.6. The normalized spacial score (nSPS) is 10.7. The number of H-pyrrole nitrogens is 1. The summed E-state index contributed by atoms with van der Waals surface area (Å²) in [6.07, 6.45) is 0.841. The van der Waals surface area contributed by atoms with E-state index in [-0.39, 0.29) is 12.3 Å². The molecule has 0 saturated carbocycles. The Hall–Kier alpha value is -2.11. The van der Waals surface area contributed by atoms with Crippen LogP contribution in [0.3, 0.4) is 0 Å². The molecule has 2 rings (SSSR count). The van der Waals surface area contributed by atoms with Crippen LogP contribution in [0.25, 0.3) is 0 Å². The van der Waals surface area contributed by atoms with Gasteiger partial charge in [0.25, 0.3) is 0 Å². The van der Waals surface area contributed by atoms with Crippen LogP contribution < -0.4 is 4.74 Å². The fourth-order valence-electron chi connectivity index (χ4n) is 1.98. The molecule has 0 amide bonds. The quantitative estimate of drug-likeness (QED) is 0.896. The number of aromatic hydroxyl groups is 1. The zero-order chi connectivity index (χ0) is 14.0. The molecule has 6 heteroatoms. The minimum Gasteiger partial charge on any atom is -0.492 e. The van der Waals surface area contributed by atoms with Crippen molar-refractivity contribution >= 4 is 0 Å². The monoisotopic (exact) mass is 268 g/mol. The van der Waals surface area contributed by atoms with Gasteiger partial charge in [0, 0.05) is 17.7 Å². The average Bonchev–Trinajstić information content (AvgIpc) is 2.70. The molecule has 1 heterocycles. The molecule has 0 aliphatic rings. The van der Waals surface area contributed by atoms with E-state index in [0.29, 0.717) is 17.5 Å². The van der Waals surface area contributed by atoms with Gasteiger partial charge in [-0.3, -0.25) is 5.10 Å². The second kappa shape index (κ2) is 5.26. The number of rotatable bonds is 4. The van der Waals surface area contributed by atoms with E-state index in [1.54, 1.807) is 0 Å². The van der Waals surface area contributed by atoms with Gasteiger partial charge >= 0.3 is 0 Å². The lowest BCUT2D eigenvalue weighted by Crippen LogP contribution is -1.98. The van der Waals surface area contributed by atoms with Crippen LogP contribution in [0.2, 0.25) is 0 Å². The second-order valence-corrected chi connectivity index (χ2v) is 4.13. The molecule has 2 N–H and O–H groups in total. The number of nitrogens with one attached hydrogen (secondary N) is 1. The van der Waals surface area contributed by atoms with Gasteiger partial charge < -0.3 is 9.84 Å². The Kier molecular flexibility index (Phi) is 3.69. The first-order valence-corrected chi connectivity index (χ1v) is 5.83. The van der Waals surface area contributed by atoms with Gasteiger partial charge in [-0.1, -0.05) is 6.92 Å². The number of nitrogens with zero attached hydrogens (tertiary/aromatic N) is 1. The Labute approximate surface area is 109 Å². The highest BCUT2D eigenvalue weighted by Gasteiger charge is 2.15. The summed E-state index contributed by atoms with van der Waals surface area (Å²) in [5, 5.41) is 16.0. The molecule has 1 aromatic carbocycles. The summed E-state index contributed by atoms with van der Waals surface area (Å²) >= 11 is 0. The lowest BCUT2D eigenvalue weighted by molar-refractivity contribution is 0.359. The van der Waals surface area contributed by atoms with Crippen LogP contribution in [0.15, 0.2) is 12.1 Å². The summed E-state index contributed by atoms with van der Waals surface area (Å²) in [6, 6.07) is 2.38. The highest BCUT2D eigenvalue weighted by Crippen LogP contribution is 2.27. The summed E-state index contributed by atoms with van der Waals surface area (Å²) in [7, 11) is 1.21. The van der Waals surface area contributed by atoms with Crippen LogP contribution in [0.1, 0.15) is 23.7 Å². The number of hydrogen-bond donors (Lipinski definition) is 2. The highest BCUT2D eigenvalue weighted by molar-refractivity contribution is 5.38. The molecule has 0 bridgehead atoms. The van der Waals surface area contributed by atoms with Crippen LogP contribution in [-0.4, -0.2) is 22.4 Å². The van der Waals surface area contributed by atoms with Gasteiger partial charge in [-0.25, -0.2) is 8.78 Å². The number of aryl methyl sites for hydroxylation is 1. The summed E-state index contributed by atoms with van der Waals surface area (Å²) < 4.78 is 31.8. The van der Waals surface area contributed by atoms with Crippen LogP contribution in [0, 0.1) is 11.6 Å². The molecule has 4 nitrogen and oxygen atoms in total. The Morgan fingerprint density at radius 2 is 1.95 bits per heavy atom. The smallest absolute Gasteiger partial charge is 0.233 e. The molecule has 0 unspecified atom stereocenters. The molecule has 0 fully saturated rings. The van der Waals surface area contributed by atoms with E-state index in [4.69, 9.17) is 0 Å². The largest absolute Gasteiger partial charge is 0.492 e. The maximum absolute atomic E-state index is 13.6. The van der Waals surface area contributed by atoms with Crippen molar-refractivity contribution in [1.82, 2.24) is 10.2 Å². The van der Waals surface area contributed by atoms with Crippen LogP contribution in [0.5, 0.6) is 11.6 Å². The van der Waals surface area contributed by atoms with Gasteiger partial charge in [-0.2, -0.15) is 0 Å². The number of benzene rings is 1. The topological polar surface area (TPSA) is 58.1 Å². The van der Waals surface area contributed by atoms with Crippen molar-refractivity contribution in [2.75, 3.05) is 7.11 Å². The van der Waals surface area contributed by atoms with Crippen molar-refractivity contribution in [3.05, 3.63) is 40.6 Å². The van der Waals surface area contributed by atoms with Crippen LogP contribution in [0.4, 0.5) is 8.78 Å². The summed E-state index contributed by atoms with van der Waals surface area (Å²) in [4.78, 5) is 0. The average molecular weight is 268 g/mol. The third kappa shape index (κ3) is 2.52. The van der Waals surface area contributed by atoms with Gasteiger partial charge in [0.15, 0.2) is 17.4 Å². The Bertz CT molecular complexity index is 573. The first-order valence-electron chi connectivity index (χ1n) is 5.83. The van der Waals surface area contributed by atoms with E-state index in [2.05, 4.69) is 14.9 Å². The molecule has 1 aromatic heterocycles. The number of aromatic nitrogens is 2. The fraction of sp³-hybridized carbons (Fsp3) is 0.308. The lowest BCUT2D eigenvalue weighted by Gasteiger charge is -2.07. The highest BCUT2D eigenvalue weighted by atomic mass is 19.1. The van der Waals surface area contributed by atoms with E-state index >= 15 is 0 Å². The first kappa shape index (κ1) is 13.3. The van der Waals surface area contributed by atoms with Crippen molar-refractivity contribution in [2.45, 2.75) is 19.8 Å². The maximum atomic E-state index is 13.6. The minimum absolute atomic E-state index is 0.145. The van der Waals surface area contributed by atoms with Gasteiger partial charge in [0.05, 0.1) is 7.11 Å². The third-order valence-electron chi connectivity index (χ3n) is 2.93. The molecule has 102 valence electrons. The molecule has 0 atom stereocenters. The summed E-state index contributed by atoms with van der Waals surface area (Å²) in [5.74, 6) is -2.08.